The number of rotatable bonds is 6. The lowest BCUT2D eigenvalue weighted by Gasteiger charge is -2.16. The van der Waals surface area contributed by atoms with Crippen LogP contribution in [0.3, 0.4) is 0 Å². The summed E-state index contributed by atoms with van der Waals surface area (Å²) in [5.74, 6) is 0.471. The molecule has 0 radical (unpaired) electrons. The van der Waals surface area contributed by atoms with Crippen LogP contribution in [0.4, 0.5) is 0 Å². The fraction of sp³-hybridized carbons (Fsp3) is 0.471. The number of nitrogens with two attached hydrogens (primary N) is 1. The zero-order chi connectivity index (χ0) is 14.5. The molecule has 0 amide bonds. The van der Waals surface area contributed by atoms with Gasteiger partial charge in [-0.15, -0.1) is 0 Å². The average Bonchev–Trinajstić information content (AvgIpc) is 2.78. The Morgan fingerprint density at radius 3 is 2.65 bits per heavy atom. The van der Waals surface area contributed by atoms with E-state index in [1.807, 2.05) is 6.92 Å². The Morgan fingerprint density at radius 1 is 1.20 bits per heavy atom. The quantitative estimate of drug-likeness (QED) is 0.878. The van der Waals surface area contributed by atoms with Crippen molar-refractivity contribution in [3.05, 3.63) is 52.8 Å². The molecule has 0 aliphatic heterocycles. The number of aromatic nitrogens is 2. The molecule has 1 heterocycles. The van der Waals surface area contributed by atoms with Gasteiger partial charge in [0, 0.05) is 12.2 Å². The monoisotopic (exact) mass is 271 g/mol. The first-order valence-electron chi connectivity index (χ1n) is 7.41. The van der Waals surface area contributed by atoms with Crippen LogP contribution in [-0.2, 0) is 19.4 Å². The van der Waals surface area contributed by atoms with Crippen molar-refractivity contribution in [1.29, 1.82) is 0 Å². The van der Waals surface area contributed by atoms with E-state index in [0.717, 1.165) is 25.1 Å². The van der Waals surface area contributed by atoms with E-state index in [1.165, 1.54) is 16.8 Å². The third-order valence-electron chi connectivity index (χ3n) is 3.72. The zero-order valence-electron chi connectivity index (χ0n) is 12.8. The molecule has 0 aliphatic carbocycles. The summed E-state index contributed by atoms with van der Waals surface area (Å²) in [5.41, 5.74) is 11.1. The molecule has 2 N–H and O–H groups in total. The average molecular weight is 271 g/mol. The van der Waals surface area contributed by atoms with Gasteiger partial charge in [0.05, 0.1) is 5.69 Å². The van der Waals surface area contributed by atoms with Crippen molar-refractivity contribution >= 4 is 0 Å². The summed E-state index contributed by atoms with van der Waals surface area (Å²) in [6, 6.07) is 10.9. The van der Waals surface area contributed by atoms with Crippen molar-refractivity contribution < 1.29 is 0 Å². The Kier molecular flexibility index (Phi) is 4.96. The Balaban J connectivity index is 2.08. The Hall–Kier alpha value is -1.61. The van der Waals surface area contributed by atoms with E-state index in [1.54, 1.807) is 0 Å². The number of hydrogen-bond acceptors (Lipinski definition) is 2. The second-order valence-corrected chi connectivity index (χ2v) is 5.59. The van der Waals surface area contributed by atoms with Crippen LogP contribution in [-0.4, -0.2) is 16.3 Å². The van der Waals surface area contributed by atoms with Crippen LogP contribution >= 0.6 is 0 Å². The summed E-state index contributed by atoms with van der Waals surface area (Å²) in [4.78, 5) is 0. The molecular weight excluding hydrogens is 246 g/mol. The highest BCUT2D eigenvalue weighted by atomic mass is 15.3. The van der Waals surface area contributed by atoms with Gasteiger partial charge in [-0.25, -0.2) is 0 Å². The SMILES string of the molecule is CCn1nc(C)cc1CC(CN)Cc1cccc(C)c1. The molecule has 108 valence electrons. The van der Waals surface area contributed by atoms with Crippen LogP contribution < -0.4 is 5.73 Å². The molecule has 0 fully saturated rings. The standard InChI is InChI=1S/C17H25N3/c1-4-20-17(9-14(3)19-20)11-16(12-18)10-15-7-5-6-13(2)8-15/h5-9,16H,4,10-12,18H2,1-3H3. The molecule has 1 atom stereocenters. The molecule has 1 aromatic carbocycles. The molecule has 0 saturated carbocycles. The van der Waals surface area contributed by atoms with E-state index in [0.29, 0.717) is 12.5 Å². The van der Waals surface area contributed by atoms with Crippen LogP contribution in [0.15, 0.2) is 30.3 Å². The van der Waals surface area contributed by atoms with E-state index >= 15 is 0 Å². The molecule has 1 aromatic heterocycles. The molecule has 20 heavy (non-hydrogen) atoms. The number of aryl methyl sites for hydroxylation is 3. The Morgan fingerprint density at radius 2 is 2.00 bits per heavy atom. The lowest BCUT2D eigenvalue weighted by Crippen LogP contribution is -2.21. The summed E-state index contributed by atoms with van der Waals surface area (Å²) in [5, 5.41) is 4.51. The molecule has 0 bridgehead atoms. The van der Waals surface area contributed by atoms with Gasteiger partial charge < -0.3 is 5.73 Å². The van der Waals surface area contributed by atoms with Gasteiger partial charge in [-0.1, -0.05) is 29.8 Å². The predicted octanol–water partition coefficient (Wildman–Crippen LogP) is 2.88. The summed E-state index contributed by atoms with van der Waals surface area (Å²) in [6.07, 6.45) is 2.03. The summed E-state index contributed by atoms with van der Waals surface area (Å²) >= 11 is 0. The fourth-order valence-electron chi connectivity index (χ4n) is 2.74. The Labute approximate surface area is 121 Å². The summed E-state index contributed by atoms with van der Waals surface area (Å²) in [6.45, 7) is 7.95. The summed E-state index contributed by atoms with van der Waals surface area (Å²) in [7, 11) is 0. The van der Waals surface area contributed by atoms with Crippen molar-refractivity contribution in [2.24, 2.45) is 11.7 Å². The minimum Gasteiger partial charge on any atom is -0.330 e. The highest BCUT2D eigenvalue weighted by Gasteiger charge is 2.13. The van der Waals surface area contributed by atoms with Crippen LogP contribution in [0, 0.1) is 19.8 Å². The predicted molar refractivity (Wildman–Crippen MR) is 83.8 cm³/mol. The molecule has 0 aliphatic rings. The van der Waals surface area contributed by atoms with Crippen molar-refractivity contribution in [3.63, 3.8) is 0 Å². The van der Waals surface area contributed by atoms with Gasteiger partial charge in [0.25, 0.3) is 0 Å². The minimum atomic E-state index is 0.471. The number of nitrogens with zero attached hydrogens (tertiary/aromatic N) is 2. The molecule has 2 rings (SSSR count). The fourth-order valence-corrected chi connectivity index (χ4v) is 2.74. The maximum Gasteiger partial charge on any atom is 0.0596 e. The van der Waals surface area contributed by atoms with Gasteiger partial charge in [-0.2, -0.15) is 5.10 Å². The van der Waals surface area contributed by atoms with Gasteiger partial charge in [0.2, 0.25) is 0 Å². The van der Waals surface area contributed by atoms with Crippen LogP contribution in [0.2, 0.25) is 0 Å². The molecule has 3 heteroatoms. The minimum absolute atomic E-state index is 0.471. The number of benzene rings is 1. The number of hydrogen-bond donors (Lipinski definition) is 1. The third kappa shape index (κ3) is 3.70. The Bertz CT molecular complexity index is 557. The van der Waals surface area contributed by atoms with Crippen molar-refractivity contribution in [1.82, 2.24) is 9.78 Å². The molecular formula is C17H25N3. The normalized spacial score (nSPS) is 12.6. The second kappa shape index (κ2) is 6.71. The van der Waals surface area contributed by atoms with Gasteiger partial charge in [-0.05, 0) is 57.7 Å². The van der Waals surface area contributed by atoms with Gasteiger partial charge >= 0.3 is 0 Å². The second-order valence-electron chi connectivity index (χ2n) is 5.59. The lowest BCUT2D eigenvalue weighted by atomic mass is 9.94. The van der Waals surface area contributed by atoms with E-state index in [2.05, 4.69) is 54.0 Å². The van der Waals surface area contributed by atoms with Crippen LogP contribution in [0.5, 0.6) is 0 Å². The molecule has 1 unspecified atom stereocenters. The largest absolute Gasteiger partial charge is 0.330 e. The summed E-state index contributed by atoms with van der Waals surface area (Å²) < 4.78 is 2.09. The van der Waals surface area contributed by atoms with Crippen molar-refractivity contribution in [2.45, 2.75) is 40.2 Å². The highest BCUT2D eigenvalue weighted by molar-refractivity contribution is 5.23. The van der Waals surface area contributed by atoms with Gasteiger partial charge in [0.15, 0.2) is 0 Å². The van der Waals surface area contributed by atoms with E-state index < -0.39 is 0 Å². The molecule has 2 aromatic rings. The smallest absolute Gasteiger partial charge is 0.0596 e. The molecule has 3 nitrogen and oxygen atoms in total. The maximum absolute atomic E-state index is 5.98. The first kappa shape index (κ1) is 14.8. The van der Waals surface area contributed by atoms with E-state index in [-0.39, 0.29) is 0 Å². The van der Waals surface area contributed by atoms with Crippen LogP contribution in [0.25, 0.3) is 0 Å². The first-order valence-corrected chi connectivity index (χ1v) is 7.41. The molecule has 0 spiro atoms. The first-order chi connectivity index (χ1) is 9.62. The van der Waals surface area contributed by atoms with Crippen molar-refractivity contribution in [3.8, 4) is 0 Å². The van der Waals surface area contributed by atoms with Crippen molar-refractivity contribution in [2.75, 3.05) is 6.54 Å². The maximum atomic E-state index is 5.98. The molecule has 0 saturated heterocycles. The van der Waals surface area contributed by atoms with E-state index in [4.69, 9.17) is 5.73 Å². The van der Waals surface area contributed by atoms with Gasteiger partial charge in [-0.3, -0.25) is 4.68 Å². The topological polar surface area (TPSA) is 43.8 Å². The lowest BCUT2D eigenvalue weighted by molar-refractivity contribution is 0.499. The van der Waals surface area contributed by atoms with Crippen LogP contribution in [0.1, 0.15) is 29.4 Å². The van der Waals surface area contributed by atoms with Gasteiger partial charge in [0.1, 0.15) is 0 Å². The third-order valence-corrected chi connectivity index (χ3v) is 3.72. The highest BCUT2D eigenvalue weighted by Crippen LogP contribution is 2.16. The zero-order valence-corrected chi connectivity index (χ0v) is 12.8. The van der Waals surface area contributed by atoms with E-state index in [9.17, 15) is 0 Å².